The number of hydrogen-bond acceptors (Lipinski definition) is 3. The zero-order chi connectivity index (χ0) is 15.5. The highest BCUT2D eigenvalue weighted by Crippen LogP contribution is 2.28. The van der Waals surface area contributed by atoms with Crippen LogP contribution >= 0.6 is 0 Å². The summed E-state index contributed by atoms with van der Waals surface area (Å²) in [7, 11) is 0. The zero-order valence-corrected chi connectivity index (χ0v) is 11.9. The van der Waals surface area contributed by atoms with E-state index in [4.69, 9.17) is 0 Å². The zero-order valence-electron chi connectivity index (χ0n) is 11.9. The van der Waals surface area contributed by atoms with Crippen LogP contribution in [0.4, 0.5) is 13.2 Å². The van der Waals surface area contributed by atoms with Crippen molar-refractivity contribution in [1.82, 2.24) is 20.1 Å². The molecule has 7 heteroatoms. The van der Waals surface area contributed by atoms with Gasteiger partial charge >= 0.3 is 6.18 Å². The van der Waals surface area contributed by atoms with Crippen LogP contribution in [0.25, 0.3) is 5.69 Å². The number of halogens is 3. The summed E-state index contributed by atoms with van der Waals surface area (Å²) < 4.78 is 39.0. The van der Waals surface area contributed by atoms with Crippen LogP contribution in [0.2, 0.25) is 0 Å². The molecule has 2 rings (SSSR count). The van der Waals surface area contributed by atoms with Gasteiger partial charge in [-0.25, -0.2) is 4.68 Å². The normalized spacial score (nSPS) is 12.1. The lowest BCUT2D eigenvalue weighted by molar-refractivity contribution is -0.141. The Hall–Kier alpha value is -1.89. The summed E-state index contributed by atoms with van der Waals surface area (Å²) in [6, 6.07) is 2.73. The molecule has 4 nitrogen and oxygen atoms in total. The van der Waals surface area contributed by atoms with Crippen LogP contribution in [0, 0.1) is 5.92 Å². The molecule has 0 aromatic carbocycles. The molecule has 114 valence electrons. The van der Waals surface area contributed by atoms with E-state index in [0.717, 1.165) is 18.2 Å². The Labute approximate surface area is 121 Å². The van der Waals surface area contributed by atoms with Gasteiger partial charge in [-0.05, 0) is 30.2 Å². The number of pyridine rings is 1. The third-order valence-electron chi connectivity index (χ3n) is 2.88. The fraction of sp³-hybridized carbons (Fsp3) is 0.429. The summed E-state index contributed by atoms with van der Waals surface area (Å²) in [5.74, 6) is 0.497. The van der Waals surface area contributed by atoms with Gasteiger partial charge in [-0.3, -0.25) is 4.98 Å². The molecule has 2 aromatic rings. The molecule has 0 aliphatic carbocycles. The monoisotopic (exact) mass is 298 g/mol. The van der Waals surface area contributed by atoms with Crippen LogP contribution in [0.15, 0.2) is 30.7 Å². The van der Waals surface area contributed by atoms with Gasteiger partial charge in [0.05, 0.1) is 11.9 Å². The van der Waals surface area contributed by atoms with Crippen molar-refractivity contribution in [2.45, 2.75) is 26.6 Å². The van der Waals surface area contributed by atoms with E-state index in [9.17, 15) is 13.2 Å². The maximum absolute atomic E-state index is 12.6. The average molecular weight is 298 g/mol. The minimum atomic E-state index is -4.44. The largest absolute Gasteiger partial charge is 0.435 e. The summed E-state index contributed by atoms with van der Waals surface area (Å²) in [5.41, 5.74) is 0.485. The summed E-state index contributed by atoms with van der Waals surface area (Å²) in [6.45, 7) is 5.55. The van der Waals surface area contributed by atoms with E-state index in [1.54, 1.807) is 12.3 Å². The molecule has 21 heavy (non-hydrogen) atoms. The molecule has 1 N–H and O–H groups in total. The van der Waals surface area contributed by atoms with Crippen molar-refractivity contribution in [3.8, 4) is 5.69 Å². The van der Waals surface area contributed by atoms with Crippen LogP contribution < -0.4 is 5.32 Å². The summed E-state index contributed by atoms with van der Waals surface area (Å²) in [4.78, 5) is 3.97. The topological polar surface area (TPSA) is 42.7 Å². The van der Waals surface area contributed by atoms with Crippen molar-refractivity contribution < 1.29 is 13.2 Å². The molecule has 0 unspecified atom stereocenters. The number of aromatic nitrogens is 3. The maximum Gasteiger partial charge on any atom is 0.435 e. The first-order valence-electron chi connectivity index (χ1n) is 6.65. The average Bonchev–Trinajstić information content (AvgIpc) is 2.88. The number of nitrogens with one attached hydrogen (secondary N) is 1. The quantitative estimate of drug-likeness (QED) is 0.922. The molecule has 0 spiro atoms. The molecule has 0 saturated heterocycles. The molecule has 0 bridgehead atoms. The lowest BCUT2D eigenvalue weighted by Gasteiger charge is -2.11. The van der Waals surface area contributed by atoms with Gasteiger partial charge in [0.15, 0.2) is 5.69 Å². The summed E-state index contributed by atoms with van der Waals surface area (Å²) in [5, 5.41) is 6.84. The first kappa shape index (κ1) is 15.5. The Bertz CT molecular complexity index is 590. The Morgan fingerprint density at radius 3 is 2.67 bits per heavy atom. The van der Waals surface area contributed by atoms with Crippen molar-refractivity contribution in [3.05, 3.63) is 42.0 Å². The van der Waals surface area contributed by atoms with E-state index in [1.807, 2.05) is 0 Å². The molecule has 0 aliphatic rings. The Morgan fingerprint density at radius 1 is 1.29 bits per heavy atom. The molecule has 0 saturated carbocycles. The van der Waals surface area contributed by atoms with Gasteiger partial charge in [-0.1, -0.05) is 13.8 Å². The van der Waals surface area contributed by atoms with Crippen LogP contribution in [0.1, 0.15) is 25.1 Å². The molecule has 2 heterocycles. The predicted octanol–water partition coefficient (Wildman–Crippen LogP) is 3.03. The van der Waals surface area contributed by atoms with Gasteiger partial charge in [0, 0.05) is 18.9 Å². The van der Waals surface area contributed by atoms with Gasteiger partial charge in [0.1, 0.15) is 0 Å². The number of rotatable bonds is 5. The minimum Gasteiger partial charge on any atom is -0.312 e. The van der Waals surface area contributed by atoms with E-state index in [2.05, 4.69) is 29.2 Å². The highest BCUT2D eigenvalue weighted by molar-refractivity contribution is 5.37. The van der Waals surface area contributed by atoms with Crippen molar-refractivity contribution in [1.29, 1.82) is 0 Å². The molecule has 0 fully saturated rings. The third-order valence-corrected chi connectivity index (χ3v) is 2.88. The van der Waals surface area contributed by atoms with E-state index >= 15 is 0 Å². The molecule has 2 aromatic heterocycles. The fourth-order valence-corrected chi connectivity index (χ4v) is 1.88. The van der Waals surface area contributed by atoms with Gasteiger partial charge < -0.3 is 5.32 Å². The molecular formula is C14H17F3N4. The number of nitrogens with zero attached hydrogens (tertiary/aromatic N) is 3. The van der Waals surface area contributed by atoms with Gasteiger partial charge in [0.25, 0.3) is 0 Å². The highest BCUT2D eigenvalue weighted by Gasteiger charge is 2.33. The first-order valence-corrected chi connectivity index (χ1v) is 6.65. The van der Waals surface area contributed by atoms with E-state index in [-0.39, 0.29) is 0 Å². The first-order chi connectivity index (χ1) is 9.88. The standard InChI is InChI=1S/C14H17F3N4/c1-10(2)7-19-8-11-3-5-18-9-12(11)21-6-4-13(20-21)14(15,16)17/h3-6,9-10,19H,7-8H2,1-2H3. The Balaban J connectivity index is 2.21. The number of alkyl halides is 3. The number of hydrogen-bond donors (Lipinski definition) is 1. The molecule has 0 atom stereocenters. The van der Waals surface area contributed by atoms with E-state index < -0.39 is 11.9 Å². The molecule has 0 aliphatic heterocycles. The maximum atomic E-state index is 12.6. The SMILES string of the molecule is CC(C)CNCc1ccncc1-n1ccc(C(F)(F)F)n1. The van der Waals surface area contributed by atoms with Gasteiger partial charge in [-0.15, -0.1) is 0 Å². The molecule has 0 radical (unpaired) electrons. The van der Waals surface area contributed by atoms with Crippen molar-refractivity contribution in [2.75, 3.05) is 6.54 Å². The Kier molecular flexibility index (Phi) is 4.62. The lowest BCUT2D eigenvalue weighted by Crippen LogP contribution is -2.20. The van der Waals surface area contributed by atoms with Crippen molar-refractivity contribution >= 4 is 0 Å². The lowest BCUT2D eigenvalue weighted by atomic mass is 10.2. The predicted molar refractivity (Wildman–Crippen MR) is 72.9 cm³/mol. The van der Waals surface area contributed by atoms with E-state index in [1.165, 1.54) is 17.1 Å². The van der Waals surface area contributed by atoms with Crippen LogP contribution in [-0.4, -0.2) is 21.3 Å². The molecular weight excluding hydrogens is 281 g/mol. The van der Waals surface area contributed by atoms with Crippen LogP contribution in [-0.2, 0) is 12.7 Å². The summed E-state index contributed by atoms with van der Waals surface area (Å²) >= 11 is 0. The Morgan fingerprint density at radius 2 is 2.05 bits per heavy atom. The second kappa shape index (κ2) is 6.26. The second-order valence-electron chi connectivity index (χ2n) is 5.17. The van der Waals surface area contributed by atoms with Crippen molar-refractivity contribution in [3.63, 3.8) is 0 Å². The van der Waals surface area contributed by atoms with E-state index in [0.29, 0.717) is 18.2 Å². The van der Waals surface area contributed by atoms with Crippen LogP contribution in [0.5, 0.6) is 0 Å². The third kappa shape index (κ3) is 4.04. The van der Waals surface area contributed by atoms with Crippen molar-refractivity contribution in [2.24, 2.45) is 5.92 Å². The smallest absolute Gasteiger partial charge is 0.312 e. The summed E-state index contributed by atoms with van der Waals surface area (Å²) in [6.07, 6.45) is -0.0150. The molecule has 0 amide bonds. The second-order valence-corrected chi connectivity index (χ2v) is 5.17. The van der Waals surface area contributed by atoms with Crippen LogP contribution in [0.3, 0.4) is 0 Å². The minimum absolute atomic E-state index is 0.497. The van der Waals surface area contributed by atoms with Gasteiger partial charge in [-0.2, -0.15) is 18.3 Å². The fourth-order valence-electron chi connectivity index (χ4n) is 1.88. The van der Waals surface area contributed by atoms with Gasteiger partial charge in [0.2, 0.25) is 0 Å². The highest BCUT2D eigenvalue weighted by atomic mass is 19.4.